The van der Waals surface area contributed by atoms with E-state index in [0.717, 1.165) is 11.1 Å². The van der Waals surface area contributed by atoms with Gasteiger partial charge in [-0.25, -0.2) is 4.98 Å². The monoisotopic (exact) mass is 439 g/mol. The number of rotatable bonds is 5. The van der Waals surface area contributed by atoms with E-state index in [1.54, 1.807) is 25.1 Å². The van der Waals surface area contributed by atoms with Crippen LogP contribution in [0.25, 0.3) is 21.3 Å². The van der Waals surface area contributed by atoms with Gasteiger partial charge in [-0.05, 0) is 30.7 Å². The lowest BCUT2D eigenvalue weighted by atomic mass is 10.1. The number of ether oxygens (including phenoxy) is 1. The number of hydrogen-bond donors (Lipinski definition) is 1. The van der Waals surface area contributed by atoms with Gasteiger partial charge < -0.3 is 10.1 Å². The Kier molecular flexibility index (Phi) is 5.57. The summed E-state index contributed by atoms with van der Waals surface area (Å²) >= 11 is 7.44. The maximum Gasteiger partial charge on any atom is 0.263 e. The van der Waals surface area contributed by atoms with E-state index in [0.29, 0.717) is 26.7 Å². The zero-order valence-electron chi connectivity index (χ0n) is 16.3. The summed E-state index contributed by atoms with van der Waals surface area (Å²) in [6, 6.07) is 13.8. The highest BCUT2D eigenvalue weighted by Gasteiger charge is 2.21. The standard InChI is InChI=1S/C22H18ClN3O3S/c1-13(20(27)25-17-10-15(23)8-9-18(17)29-2)26-12-24-21-19(22(26)28)16(11-30-21)14-6-4-3-5-7-14/h3-13H,1-2H3,(H,25,27). The van der Waals surface area contributed by atoms with Gasteiger partial charge in [-0.1, -0.05) is 41.9 Å². The molecule has 2 aromatic carbocycles. The molecular weight excluding hydrogens is 422 g/mol. The molecule has 0 saturated carbocycles. The lowest BCUT2D eigenvalue weighted by molar-refractivity contribution is -0.118. The van der Waals surface area contributed by atoms with Crippen LogP contribution in [0.1, 0.15) is 13.0 Å². The number of carbonyl (C=O) groups is 1. The number of methoxy groups -OCH3 is 1. The Bertz CT molecular complexity index is 1280. The molecule has 8 heteroatoms. The van der Waals surface area contributed by atoms with Crippen LogP contribution >= 0.6 is 22.9 Å². The van der Waals surface area contributed by atoms with Crippen LogP contribution in [0.15, 0.2) is 65.0 Å². The third-order valence-corrected chi connectivity index (χ3v) is 5.94. The second-order valence-corrected chi connectivity index (χ2v) is 7.96. The fraction of sp³-hybridized carbons (Fsp3) is 0.136. The van der Waals surface area contributed by atoms with E-state index in [4.69, 9.17) is 16.3 Å². The molecule has 1 N–H and O–H groups in total. The van der Waals surface area contributed by atoms with Crippen molar-refractivity contribution in [1.29, 1.82) is 0 Å². The molecule has 152 valence electrons. The van der Waals surface area contributed by atoms with E-state index < -0.39 is 6.04 Å². The minimum atomic E-state index is -0.790. The topological polar surface area (TPSA) is 73.2 Å². The van der Waals surface area contributed by atoms with Crippen LogP contribution in [0.3, 0.4) is 0 Å². The van der Waals surface area contributed by atoms with Gasteiger partial charge >= 0.3 is 0 Å². The average molecular weight is 440 g/mol. The molecule has 0 aliphatic heterocycles. The molecule has 2 heterocycles. The SMILES string of the molecule is COc1ccc(Cl)cc1NC(=O)C(C)n1cnc2scc(-c3ccccc3)c2c1=O. The number of carbonyl (C=O) groups excluding carboxylic acids is 1. The number of benzene rings is 2. The first-order valence-electron chi connectivity index (χ1n) is 9.17. The van der Waals surface area contributed by atoms with Gasteiger partial charge in [-0.15, -0.1) is 11.3 Å². The fourth-order valence-corrected chi connectivity index (χ4v) is 4.27. The van der Waals surface area contributed by atoms with E-state index in [2.05, 4.69) is 10.3 Å². The second-order valence-electron chi connectivity index (χ2n) is 6.66. The van der Waals surface area contributed by atoms with Gasteiger partial charge in [0, 0.05) is 16.0 Å². The second kappa shape index (κ2) is 8.30. The van der Waals surface area contributed by atoms with Gasteiger partial charge in [0.05, 0.1) is 24.5 Å². The Balaban J connectivity index is 1.71. The molecule has 30 heavy (non-hydrogen) atoms. The van der Waals surface area contributed by atoms with Crippen LogP contribution in [0.4, 0.5) is 5.69 Å². The number of hydrogen-bond acceptors (Lipinski definition) is 5. The highest BCUT2D eigenvalue weighted by Crippen LogP contribution is 2.31. The first-order valence-corrected chi connectivity index (χ1v) is 10.4. The number of nitrogens with zero attached hydrogens (tertiary/aromatic N) is 2. The molecular formula is C22H18ClN3O3S. The van der Waals surface area contributed by atoms with E-state index >= 15 is 0 Å². The summed E-state index contributed by atoms with van der Waals surface area (Å²) in [6.07, 6.45) is 1.41. The Morgan fingerprint density at radius 3 is 2.73 bits per heavy atom. The Hall–Kier alpha value is -3.16. The normalized spacial score (nSPS) is 12.0. The highest BCUT2D eigenvalue weighted by molar-refractivity contribution is 7.17. The third-order valence-electron chi connectivity index (χ3n) is 4.82. The minimum Gasteiger partial charge on any atom is -0.495 e. The van der Waals surface area contributed by atoms with Crippen LogP contribution in [-0.4, -0.2) is 22.6 Å². The molecule has 1 atom stereocenters. The Labute approximate surface area is 181 Å². The number of anilines is 1. The maximum absolute atomic E-state index is 13.3. The first-order chi connectivity index (χ1) is 14.5. The van der Waals surface area contributed by atoms with Gasteiger partial charge in [-0.3, -0.25) is 14.2 Å². The summed E-state index contributed by atoms with van der Waals surface area (Å²) in [6.45, 7) is 1.65. The number of amides is 1. The van der Waals surface area contributed by atoms with Crippen molar-refractivity contribution in [3.8, 4) is 16.9 Å². The molecule has 0 aliphatic rings. The molecule has 0 radical (unpaired) electrons. The van der Waals surface area contributed by atoms with Crippen LogP contribution in [0.5, 0.6) is 5.75 Å². The molecule has 2 aromatic heterocycles. The summed E-state index contributed by atoms with van der Waals surface area (Å²) in [7, 11) is 1.51. The predicted octanol–water partition coefficient (Wildman–Crippen LogP) is 4.99. The zero-order valence-corrected chi connectivity index (χ0v) is 17.8. The molecule has 0 saturated heterocycles. The quantitative estimate of drug-likeness (QED) is 0.475. The molecule has 4 rings (SSSR count). The first kappa shape index (κ1) is 20.1. The molecule has 4 aromatic rings. The molecule has 6 nitrogen and oxygen atoms in total. The van der Waals surface area contributed by atoms with Crippen molar-refractivity contribution in [2.45, 2.75) is 13.0 Å². The number of nitrogens with one attached hydrogen (secondary N) is 1. The van der Waals surface area contributed by atoms with E-state index in [1.165, 1.54) is 29.3 Å². The van der Waals surface area contributed by atoms with Crippen molar-refractivity contribution in [1.82, 2.24) is 9.55 Å². The Morgan fingerprint density at radius 1 is 1.23 bits per heavy atom. The van der Waals surface area contributed by atoms with Gasteiger partial charge in [0.15, 0.2) is 0 Å². The molecule has 1 amide bonds. The van der Waals surface area contributed by atoms with Crippen molar-refractivity contribution < 1.29 is 9.53 Å². The fourth-order valence-electron chi connectivity index (χ4n) is 3.19. The van der Waals surface area contributed by atoms with Crippen LogP contribution in [-0.2, 0) is 4.79 Å². The molecule has 0 fully saturated rings. The van der Waals surface area contributed by atoms with Crippen molar-refractivity contribution in [3.63, 3.8) is 0 Å². The summed E-state index contributed by atoms with van der Waals surface area (Å²) in [5.41, 5.74) is 1.91. The lowest BCUT2D eigenvalue weighted by Crippen LogP contribution is -2.31. The summed E-state index contributed by atoms with van der Waals surface area (Å²) in [4.78, 5) is 31.2. The smallest absolute Gasteiger partial charge is 0.263 e. The van der Waals surface area contributed by atoms with Gasteiger partial charge in [0.25, 0.3) is 5.56 Å². The van der Waals surface area contributed by atoms with E-state index in [1.807, 2.05) is 35.7 Å². The molecule has 0 aliphatic carbocycles. The molecule has 0 spiro atoms. The number of halogens is 1. The molecule has 1 unspecified atom stereocenters. The summed E-state index contributed by atoms with van der Waals surface area (Å²) in [5, 5.41) is 5.67. The predicted molar refractivity (Wildman–Crippen MR) is 121 cm³/mol. The van der Waals surface area contributed by atoms with Crippen LogP contribution in [0, 0.1) is 0 Å². The third kappa shape index (κ3) is 3.69. The summed E-state index contributed by atoms with van der Waals surface area (Å²) < 4.78 is 6.61. The average Bonchev–Trinajstić information content (AvgIpc) is 3.19. The lowest BCUT2D eigenvalue weighted by Gasteiger charge is -2.16. The van der Waals surface area contributed by atoms with Crippen molar-refractivity contribution in [3.05, 3.63) is 75.6 Å². The van der Waals surface area contributed by atoms with Gasteiger partial charge in [-0.2, -0.15) is 0 Å². The zero-order chi connectivity index (χ0) is 21.3. The number of thiophene rings is 1. The van der Waals surface area contributed by atoms with Crippen molar-refractivity contribution in [2.24, 2.45) is 0 Å². The van der Waals surface area contributed by atoms with E-state index in [-0.39, 0.29) is 11.5 Å². The number of fused-ring (bicyclic) bond motifs is 1. The molecule has 0 bridgehead atoms. The summed E-state index contributed by atoms with van der Waals surface area (Å²) in [5.74, 6) is 0.0976. The van der Waals surface area contributed by atoms with Crippen LogP contribution in [0.2, 0.25) is 5.02 Å². The van der Waals surface area contributed by atoms with E-state index in [9.17, 15) is 9.59 Å². The largest absolute Gasteiger partial charge is 0.495 e. The highest BCUT2D eigenvalue weighted by atomic mass is 35.5. The maximum atomic E-state index is 13.3. The van der Waals surface area contributed by atoms with Crippen molar-refractivity contribution in [2.75, 3.05) is 12.4 Å². The van der Waals surface area contributed by atoms with Gasteiger partial charge in [0.2, 0.25) is 5.91 Å². The Morgan fingerprint density at radius 2 is 2.00 bits per heavy atom. The van der Waals surface area contributed by atoms with Gasteiger partial charge in [0.1, 0.15) is 16.6 Å². The number of aromatic nitrogens is 2. The minimum absolute atomic E-state index is 0.263. The van der Waals surface area contributed by atoms with Crippen LogP contribution < -0.4 is 15.6 Å². The van der Waals surface area contributed by atoms with Crippen molar-refractivity contribution >= 4 is 44.7 Å².